The minimum Gasteiger partial charge on any atom is -0.349 e. The van der Waals surface area contributed by atoms with Gasteiger partial charge < -0.3 is 5.32 Å². The van der Waals surface area contributed by atoms with Crippen LogP contribution in [-0.4, -0.2) is 21.3 Å². The van der Waals surface area contributed by atoms with E-state index in [1.165, 1.54) is 23.9 Å². The molecule has 1 fully saturated rings. The van der Waals surface area contributed by atoms with Crippen LogP contribution >= 0.6 is 11.3 Å². The molecule has 1 saturated carbocycles. The van der Waals surface area contributed by atoms with Gasteiger partial charge in [-0.15, -0.1) is 11.3 Å². The second-order valence-electron chi connectivity index (χ2n) is 6.58. The zero-order valence-electron chi connectivity index (χ0n) is 13.1. The van der Waals surface area contributed by atoms with E-state index in [0.29, 0.717) is 4.96 Å². The molecule has 6 heteroatoms. The van der Waals surface area contributed by atoms with Crippen molar-refractivity contribution in [2.45, 2.75) is 63.8 Å². The number of amides is 1. The second-order valence-corrected chi connectivity index (χ2v) is 7.64. The van der Waals surface area contributed by atoms with Gasteiger partial charge in [0.05, 0.1) is 0 Å². The molecule has 122 valence electrons. The number of aromatic nitrogens is 2. The maximum atomic E-state index is 12.8. The van der Waals surface area contributed by atoms with Crippen molar-refractivity contribution in [1.82, 2.24) is 14.7 Å². The predicted octanol–water partition coefficient (Wildman–Crippen LogP) is 2.70. The fourth-order valence-electron chi connectivity index (χ4n) is 3.75. The van der Waals surface area contributed by atoms with Crippen LogP contribution in [0.15, 0.2) is 11.0 Å². The Balaban J connectivity index is 1.64. The van der Waals surface area contributed by atoms with E-state index >= 15 is 0 Å². The molecule has 1 N–H and O–H groups in total. The van der Waals surface area contributed by atoms with E-state index in [1.54, 1.807) is 15.7 Å². The molecule has 0 saturated heterocycles. The molecule has 0 radical (unpaired) electrons. The zero-order chi connectivity index (χ0) is 15.8. The summed E-state index contributed by atoms with van der Waals surface area (Å²) in [6.45, 7) is 0. The summed E-state index contributed by atoms with van der Waals surface area (Å²) in [5, 5.41) is 3.05. The summed E-state index contributed by atoms with van der Waals surface area (Å²) in [5.41, 5.74) is 1.03. The molecule has 0 bridgehead atoms. The summed E-state index contributed by atoms with van der Waals surface area (Å²) in [4.78, 5) is 31.6. The van der Waals surface area contributed by atoms with Gasteiger partial charge in [-0.3, -0.25) is 14.0 Å². The summed E-state index contributed by atoms with van der Waals surface area (Å²) in [6.07, 6.45) is 11.3. The number of fused-ring (bicyclic) bond motifs is 3. The number of nitrogens with one attached hydrogen (secondary N) is 1. The third-order valence-electron chi connectivity index (χ3n) is 4.99. The summed E-state index contributed by atoms with van der Waals surface area (Å²) >= 11 is 1.58. The lowest BCUT2D eigenvalue weighted by atomic mass is 10.1. The third-order valence-corrected chi connectivity index (χ3v) is 6.14. The van der Waals surface area contributed by atoms with Crippen LogP contribution in [0.3, 0.4) is 0 Å². The Hall–Kier alpha value is -1.69. The van der Waals surface area contributed by atoms with Gasteiger partial charge in [-0.05, 0) is 32.1 Å². The lowest BCUT2D eigenvalue weighted by Gasteiger charge is -2.15. The van der Waals surface area contributed by atoms with E-state index in [4.69, 9.17) is 0 Å². The number of hydrogen-bond donors (Lipinski definition) is 1. The van der Waals surface area contributed by atoms with Gasteiger partial charge in [0.25, 0.3) is 11.5 Å². The van der Waals surface area contributed by atoms with Gasteiger partial charge in [0.1, 0.15) is 5.56 Å². The van der Waals surface area contributed by atoms with Gasteiger partial charge in [-0.2, -0.15) is 0 Å². The van der Waals surface area contributed by atoms with Gasteiger partial charge in [-0.1, -0.05) is 25.7 Å². The number of hydrogen-bond acceptors (Lipinski definition) is 4. The minimum atomic E-state index is -0.262. The van der Waals surface area contributed by atoms with Crippen LogP contribution in [0.5, 0.6) is 0 Å². The number of carbonyl (C=O) groups excluding carboxylic acids is 1. The third kappa shape index (κ3) is 2.69. The smallest absolute Gasteiger partial charge is 0.271 e. The monoisotopic (exact) mass is 331 g/mol. The van der Waals surface area contributed by atoms with E-state index in [0.717, 1.165) is 50.6 Å². The molecule has 2 heterocycles. The highest BCUT2D eigenvalue weighted by molar-refractivity contribution is 7.17. The molecule has 2 aliphatic rings. The van der Waals surface area contributed by atoms with Crippen LogP contribution in [0.25, 0.3) is 4.96 Å². The molecule has 2 aromatic heterocycles. The first kappa shape index (κ1) is 14.9. The van der Waals surface area contributed by atoms with Crippen LogP contribution in [0.2, 0.25) is 0 Å². The van der Waals surface area contributed by atoms with Crippen molar-refractivity contribution in [2.24, 2.45) is 0 Å². The van der Waals surface area contributed by atoms with E-state index in [2.05, 4.69) is 10.3 Å². The van der Waals surface area contributed by atoms with Crippen LogP contribution in [0.1, 0.15) is 65.9 Å². The molecule has 0 spiro atoms. The predicted molar refractivity (Wildman–Crippen MR) is 90.3 cm³/mol. The average molecular weight is 331 g/mol. The molecule has 1 amide bonds. The molecule has 2 aromatic rings. The van der Waals surface area contributed by atoms with Gasteiger partial charge in [0, 0.05) is 22.8 Å². The molecule has 0 atom stereocenters. The van der Waals surface area contributed by atoms with Crippen LogP contribution in [0.4, 0.5) is 0 Å². The van der Waals surface area contributed by atoms with Crippen molar-refractivity contribution in [3.63, 3.8) is 0 Å². The van der Waals surface area contributed by atoms with Crippen LogP contribution in [0, 0.1) is 0 Å². The van der Waals surface area contributed by atoms with Crippen molar-refractivity contribution in [2.75, 3.05) is 0 Å². The quantitative estimate of drug-likeness (QED) is 0.861. The van der Waals surface area contributed by atoms with Crippen molar-refractivity contribution in [3.8, 4) is 0 Å². The Morgan fingerprint density at radius 1 is 1.17 bits per heavy atom. The van der Waals surface area contributed by atoms with Gasteiger partial charge in [0.15, 0.2) is 4.96 Å². The van der Waals surface area contributed by atoms with Crippen molar-refractivity contribution in [3.05, 3.63) is 32.7 Å². The normalized spacial score (nSPS) is 18.8. The molecule has 0 unspecified atom stereocenters. The number of aryl methyl sites for hydroxylation is 2. The Bertz CT molecular complexity index is 800. The first-order valence-electron chi connectivity index (χ1n) is 8.57. The average Bonchev–Trinajstić information content (AvgIpc) is 3.01. The van der Waals surface area contributed by atoms with Gasteiger partial charge in [-0.25, -0.2) is 4.98 Å². The Kier molecular flexibility index (Phi) is 3.93. The molecular weight excluding hydrogens is 310 g/mol. The molecule has 2 aliphatic carbocycles. The summed E-state index contributed by atoms with van der Waals surface area (Å²) in [7, 11) is 0. The van der Waals surface area contributed by atoms with Crippen molar-refractivity contribution < 1.29 is 4.79 Å². The lowest BCUT2D eigenvalue weighted by Crippen LogP contribution is -2.38. The molecule has 0 aliphatic heterocycles. The first-order valence-corrected chi connectivity index (χ1v) is 9.39. The topological polar surface area (TPSA) is 63.5 Å². The highest BCUT2D eigenvalue weighted by atomic mass is 32.1. The molecule has 4 rings (SSSR count). The van der Waals surface area contributed by atoms with E-state index in [9.17, 15) is 9.59 Å². The zero-order valence-corrected chi connectivity index (χ0v) is 14.0. The molecule has 0 aromatic carbocycles. The lowest BCUT2D eigenvalue weighted by molar-refractivity contribution is 0.0931. The van der Waals surface area contributed by atoms with E-state index in [-0.39, 0.29) is 23.1 Å². The summed E-state index contributed by atoms with van der Waals surface area (Å²) in [5.74, 6) is -0.262. The molecular formula is C17H21N3O2S. The largest absolute Gasteiger partial charge is 0.349 e. The Labute approximate surface area is 138 Å². The maximum Gasteiger partial charge on any atom is 0.271 e. The molecule has 5 nitrogen and oxygen atoms in total. The Morgan fingerprint density at radius 3 is 2.74 bits per heavy atom. The fraction of sp³-hybridized carbons (Fsp3) is 0.588. The van der Waals surface area contributed by atoms with Crippen LogP contribution < -0.4 is 10.9 Å². The highest BCUT2D eigenvalue weighted by Crippen LogP contribution is 2.29. The number of carbonyl (C=O) groups is 1. The number of rotatable bonds is 2. The Morgan fingerprint density at radius 2 is 1.96 bits per heavy atom. The molecule has 23 heavy (non-hydrogen) atoms. The standard InChI is InChI=1S/C17H21N3O2S/c21-15(19-11-6-3-1-2-4-7-11)12-10-18-17-20(16(12)22)13-8-5-9-14(13)23-17/h10-11H,1-9H2,(H,19,21). The van der Waals surface area contributed by atoms with Crippen molar-refractivity contribution in [1.29, 1.82) is 0 Å². The SMILES string of the molecule is O=C(NC1CCCCCC1)c1cnc2sc3c(n2c1=O)CCC3. The summed E-state index contributed by atoms with van der Waals surface area (Å²) in [6, 6.07) is 0.193. The number of nitrogens with zero attached hydrogens (tertiary/aromatic N) is 2. The van der Waals surface area contributed by atoms with Gasteiger partial charge >= 0.3 is 0 Å². The van der Waals surface area contributed by atoms with E-state index in [1.807, 2.05) is 0 Å². The summed E-state index contributed by atoms with van der Waals surface area (Å²) < 4.78 is 1.66. The van der Waals surface area contributed by atoms with Crippen molar-refractivity contribution >= 4 is 22.2 Å². The minimum absolute atomic E-state index is 0.180. The van der Waals surface area contributed by atoms with Gasteiger partial charge in [0.2, 0.25) is 0 Å². The first-order chi connectivity index (χ1) is 11.2. The number of thiazole rings is 1. The maximum absolute atomic E-state index is 12.8. The van der Waals surface area contributed by atoms with Crippen LogP contribution in [-0.2, 0) is 12.8 Å². The highest BCUT2D eigenvalue weighted by Gasteiger charge is 2.23. The second kappa shape index (κ2) is 6.07. The fourth-order valence-corrected chi connectivity index (χ4v) is 4.92. The van der Waals surface area contributed by atoms with E-state index < -0.39 is 0 Å².